The quantitative estimate of drug-likeness (QED) is 0.697. The molecular weight excluding hydrogens is 342 g/mol. The van der Waals surface area contributed by atoms with Crippen molar-refractivity contribution in [3.63, 3.8) is 0 Å². The maximum Gasteiger partial charge on any atom is 0.0109 e. The molecule has 1 aliphatic heterocycles. The van der Waals surface area contributed by atoms with Gasteiger partial charge in [0.15, 0.2) is 0 Å². The predicted molar refractivity (Wildman–Crippen MR) is 37.3 cm³/mol. The van der Waals surface area contributed by atoms with Crippen LogP contribution in [0.25, 0.3) is 5.73 Å². The van der Waals surface area contributed by atoms with Gasteiger partial charge in [0.2, 0.25) is 0 Å². The zero-order chi connectivity index (χ0) is 7.11. The molecule has 0 aromatic carbocycles. The van der Waals surface area contributed by atoms with Gasteiger partial charge in [0, 0.05) is 13.1 Å². The standard InChI is InChI=1S/C4H9N2.2ClH.Pt/c5-1-2-6-3-4-6;;;/h5H,1-4H2;2*1H;/q-1;;;+2/p-2. The maximum atomic E-state index is 6.73. The van der Waals surface area contributed by atoms with E-state index >= 15 is 0 Å². The average Bonchev–Trinajstić information content (AvgIpc) is 2.53. The van der Waals surface area contributed by atoms with Crippen LogP contribution in [0.3, 0.4) is 0 Å². The van der Waals surface area contributed by atoms with Crippen LogP contribution < -0.4 is 0 Å². The molecule has 0 bridgehead atoms. The molecule has 0 amide bonds. The summed E-state index contributed by atoms with van der Waals surface area (Å²) in [7, 11) is 9.75. The summed E-state index contributed by atoms with van der Waals surface area (Å²) in [6, 6.07) is 0. The van der Waals surface area contributed by atoms with Gasteiger partial charge in [-0.15, -0.1) is 6.54 Å². The van der Waals surface area contributed by atoms with Gasteiger partial charge in [-0.1, -0.05) is 0 Å². The number of rotatable bonds is 2. The third kappa shape index (κ3) is 9.19. The largest absolute Gasteiger partial charge is 0.676 e. The van der Waals surface area contributed by atoms with E-state index in [0.717, 1.165) is 6.54 Å². The molecule has 0 aliphatic carbocycles. The van der Waals surface area contributed by atoms with Crippen molar-refractivity contribution in [2.75, 3.05) is 26.2 Å². The fourth-order valence-electron chi connectivity index (χ4n) is 0.452. The van der Waals surface area contributed by atoms with E-state index in [2.05, 4.69) is 4.90 Å². The summed E-state index contributed by atoms with van der Waals surface area (Å²) in [5.74, 6) is 0. The van der Waals surface area contributed by atoms with E-state index in [4.69, 9.17) is 24.6 Å². The molecule has 1 fully saturated rings. The van der Waals surface area contributed by atoms with Crippen LogP contribution in [0, 0.1) is 0 Å². The molecule has 0 saturated carbocycles. The molecule has 5 heteroatoms. The molecular formula is C4H9Cl2N2Pt-. The molecule has 1 N–H and O–H groups in total. The third-order valence-electron chi connectivity index (χ3n) is 0.968. The molecule has 1 heterocycles. The molecule has 0 unspecified atom stereocenters. The van der Waals surface area contributed by atoms with Crippen molar-refractivity contribution in [1.82, 2.24) is 4.90 Å². The van der Waals surface area contributed by atoms with E-state index in [-0.39, 0.29) is 0 Å². The first-order chi connectivity index (χ1) is 4.35. The number of hydrogen-bond donors (Lipinski definition) is 0. The number of hydrogen-bond acceptors (Lipinski definition) is 1. The Bertz CT molecular complexity index is 60.5. The first kappa shape index (κ1) is 10.2. The minimum absolute atomic E-state index is 0.472. The Hall–Kier alpha value is 1.19. The normalized spacial score (nSPS) is 16.8. The number of halogens is 2. The SMILES string of the molecule is [Cl][Pt][Cl].[NH-]CCN1CC1. The van der Waals surface area contributed by atoms with Crippen LogP contribution in [0.4, 0.5) is 0 Å². The van der Waals surface area contributed by atoms with Crippen molar-refractivity contribution in [3.8, 4) is 0 Å². The minimum Gasteiger partial charge on any atom is -0.676 e. The summed E-state index contributed by atoms with van der Waals surface area (Å²) in [5, 5.41) is 0. The molecule has 0 aromatic rings. The van der Waals surface area contributed by atoms with Crippen LogP contribution in [0.15, 0.2) is 0 Å². The van der Waals surface area contributed by atoms with Crippen LogP contribution in [0.1, 0.15) is 0 Å². The van der Waals surface area contributed by atoms with Crippen molar-refractivity contribution in [1.29, 1.82) is 0 Å². The molecule has 0 radical (unpaired) electrons. The molecule has 1 saturated heterocycles. The summed E-state index contributed by atoms with van der Waals surface area (Å²) in [4.78, 5) is 2.24. The van der Waals surface area contributed by atoms with E-state index in [0.29, 0.717) is 6.54 Å². The summed E-state index contributed by atoms with van der Waals surface area (Å²) in [6.45, 7) is 4.03. The predicted octanol–water partition coefficient (Wildman–Crippen LogP) is 1.73. The average molecular weight is 351 g/mol. The fourth-order valence-corrected chi connectivity index (χ4v) is 0.452. The molecule has 2 nitrogen and oxygen atoms in total. The van der Waals surface area contributed by atoms with Gasteiger partial charge >= 0.3 is 35.3 Å². The second-order valence-corrected chi connectivity index (χ2v) is 4.92. The van der Waals surface area contributed by atoms with Crippen molar-refractivity contribution in [2.24, 2.45) is 0 Å². The van der Waals surface area contributed by atoms with E-state index in [9.17, 15) is 0 Å². The van der Waals surface area contributed by atoms with Gasteiger partial charge in [-0.05, 0) is 6.54 Å². The van der Waals surface area contributed by atoms with Gasteiger partial charge in [0.1, 0.15) is 0 Å². The summed E-state index contributed by atoms with van der Waals surface area (Å²) in [5.41, 5.74) is 6.73. The second kappa shape index (κ2) is 7.30. The first-order valence-corrected chi connectivity index (χ1v) is 8.17. The van der Waals surface area contributed by atoms with Gasteiger partial charge in [-0.25, -0.2) is 0 Å². The Morgan fingerprint density at radius 3 is 2.00 bits per heavy atom. The Balaban J connectivity index is 0.000000187. The molecule has 1 rings (SSSR count). The van der Waals surface area contributed by atoms with Gasteiger partial charge in [-0.2, -0.15) is 0 Å². The Morgan fingerprint density at radius 1 is 1.44 bits per heavy atom. The zero-order valence-corrected chi connectivity index (χ0v) is 8.63. The first-order valence-electron chi connectivity index (χ1n) is 2.54. The van der Waals surface area contributed by atoms with E-state index in [1.54, 1.807) is 0 Å². The van der Waals surface area contributed by atoms with Crippen molar-refractivity contribution < 1.29 is 16.5 Å². The third-order valence-corrected chi connectivity index (χ3v) is 0.968. The number of nitrogens with one attached hydrogen (secondary N) is 1. The maximum absolute atomic E-state index is 6.73. The van der Waals surface area contributed by atoms with Crippen molar-refractivity contribution in [3.05, 3.63) is 5.73 Å². The van der Waals surface area contributed by atoms with Gasteiger partial charge in [0.25, 0.3) is 0 Å². The molecule has 60 valence electrons. The van der Waals surface area contributed by atoms with Crippen LogP contribution in [0.5, 0.6) is 0 Å². The summed E-state index contributed by atoms with van der Waals surface area (Å²) in [6.07, 6.45) is 0. The van der Waals surface area contributed by atoms with Crippen LogP contribution in [-0.2, 0) is 16.5 Å². The Morgan fingerprint density at radius 2 is 1.89 bits per heavy atom. The molecule has 1 aliphatic rings. The van der Waals surface area contributed by atoms with Gasteiger partial charge in [-0.3, -0.25) is 0 Å². The molecule has 0 spiro atoms. The topological polar surface area (TPSA) is 26.8 Å². The summed E-state index contributed by atoms with van der Waals surface area (Å²) >= 11 is -0.472. The second-order valence-electron chi connectivity index (χ2n) is 1.64. The Labute approximate surface area is 72.1 Å². The van der Waals surface area contributed by atoms with Crippen LogP contribution in [0.2, 0.25) is 0 Å². The zero-order valence-electron chi connectivity index (χ0n) is 4.85. The fraction of sp³-hybridized carbons (Fsp3) is 1.00. The minimum atomic E-state index is -0.472. The number of nitrogens with zero attached hydrogens (tertiary/aromatic N) is 1. The molecule has 0 aromatic heterocycles. The van der Waals surface area contributed by atoms with E-state index < -0.39 is 16.5 Å². The van der Waals surface area contributed by atoms with E-state index in [1.807, 2.05) is 0 Å². The molecule has 9 heavy (non-hydrogen) atoms. The van der Waals surface area contributed by atoms with Crippen molar-refractivity contribution in [2.45, 2.75) is 0 Å². The van der Waals surface area contributed by atoms with E-state index in [1.165, 1.54) is 13.1 Å². The van der Waals surface area contributed by atoms with Gasteiger partial charge in [0.05, 0.1) is 0 Å². The van der Waals surface area contributed by atoms with Crippen molar-refractivity contribution >= 4 is 18.8 Å². The smallest absolute Gasteiger partial charge is 0.0109 e. The Kier molecular flexibility index (Phi) is 8.26. The summed E-state index contributed by atoms with van der Waals surface area (Å²) < 4.78 is 0. The van der Waals surface area contributed by atoms with Crippen LogP contribution >= 0.6 is 18.8 Å². The van der Waals surface area contributed by atoms with Gasteiger partial charge < -0.3 is 10.6 Å². The molecule has 0 atom stereocenters. The van der Waals surface area contributed by atoms with Crippen LogP contribution in [-0.4, -0.2) is 31.1 Å². The monoisotopic (exact) mass is 350 g/mol.